The van der Waals surface area contributed by atoms with Crippen molar-refractivity contribution in [3.05, 3.63) is 64.2 Å². The third-order valence-electron chi connectivity index (χ3n) is 4.18. The maximum absolute atomic E-state index is 12.5. The molecule has 0 saturated carbocycles. The number of pyridine rings is 1. The molecule has 3 heterocycles. The number of rotatable bonds is 2. The Morgan fingerprint density at radius 3 is 2.74 bits per heavy atom. The molecule has 0 unspecified atom stereocenters. The third-order valence-corrected chi connectivity index (χ3v) is 4.18. The van der Waals surface area contributed by atoms with E-state index in [-0.39, 0.29) is 5.56 Å². The van der Waals surface area contributed by atoms with Crippen molar-refractivity contribution >= 4 is 16.7 Å². The van der Waals surface area contributed by atoms with Gasteiger partial charge in [-0.15, -0.1) is 0 Å². The van der Waals surface area contributed by atoms with Crippen LogP contribution in [0.2, 0.25) is 0 Å². The Morgan fingerprint density at radius 1 is 1.22 bits per heavy atom. The van der Waals surface area contributed by atoms with E-state index in [2.05, 4.69) is 22.0 Å². The van der Waals surface area contributed by atoms with E-state index in [9.17, 15) is 4.79 Å². The summed E-state index contributed by atoms with van der Waals surface area (Å²) in [5, 5.41) is 5.40. The number of fused-ring (bicyclic) bond motifs is 3. The fraction of sp³-hybridized carbons (Fsp3) is 0.167. The van der Waals surface area contributed by atoms with Gasteiger partial charge in [0, 0.05) is 22.7 Å². The van der Waals surface area contributed by atoms with E-state index in [4.69, 9.17) is 0 Å². The summed E-state index contributed by atoms with van der Waals surface area (Å²) in [6.07, 6.45) is 2.66. The van der Waals surface area contributed by atoms with Crippen LogP contribution < -0.4 is 5.56 Å². The summed E-state index contributed by atoms with van der Waals surface area (Å²) in [5.74, 6) is 0. The summed E-state index contributed by atoms with van der Waals surface area (Å²) in [5.41, 5.74) is 4.95. The zero-order valence-corrected chi connectivity index (χ0v) is 13.0. The number of hydrogen-bond acceptors (Lipinski definition) is 3. The Morgan fingerprint density at radius 2 is 2.00 bits per heavy atom. The van der Waals surface area contributed by atoms with Crippen LogP contribution >= 0.6 is 0 Å². The van der Waals surface area contributed by atoms with Gasteiger partial charge in [0.1, 0.15) is 5.65 Å². The SMILES string of the molecule is CCc1c(C)nn2c1ncc1cc(-c3ccccc3)c(=O)[nH]c12. The van der Waals surface area contributed by atoms with Gasteiger partial charge in [0.15, 0.2) is 5.65 Å². The van der Waals surface area contributed by atoms with Gasteiger partial charge < -0.3 is 4.98 Å². The van der Waals surface area contributed by atoms with Gasteiger partial charge in [-0.2, -0.15) is 9.61 Å². The van der Waals surface area contributed by atoms with Crippen LogP contribution in [0.15, 0.2) is 47.4 Å². The second-order valence-electron chi connectivity index (χ2n) is 5.59. The van der Waals surface area contributed by atoms with E-state index in [0.717, 1.165) is 34.3 Å². The minimum atomic E-state index is -0.123. The molecule has 4 rings (SSSR count). The largest absolute Gasteiger partial charge is 0.306 e. The highest BCUT2D eigenvalue weighted by Gasteiger charge is 2.13. The first kappa shape index (κ1) is 13.7. The van der Waals surface area contributed by atoms with E-state index >= 15 is 0 Å². The van der Waals surface area contributed by atoms with E-state index in [1.54, 1.807) is 10.7 Å². The molecule has 4 aromatic rings. The molecule has 0 saturated heterocycles. The maximum Gasteiger partial charge on any atom is 0.257 e. The molecule has 0 fully saturated rings. The first-order valence-electron chi connectivity index (χ1n) is 7.64. The normalized spacial score (nSPS) is 11.4. The van der Waals surface area contributed by atoms with Crippen molar-refractivity contribution in [2.45, 2.75) is 20.3 Å². The van der Waals surface area contributed by atoms with Crippen molar-refractivity contribution in [3.63, 3.8) is 0 Å². The van der Waals surface area contributed by atoms with E-state index in [1.165, 1.54) is 0 Å². The second kappa shape index (κ2) is 5.05. The summed E-state index contributed by atoms with van der Waals surface area (Å²) >= 11 is 0. The molecule has 5 nitrogen and oxygen atoms in total. The number of H-pyrrole nitrogens is 1. The summed E-state index contributed by atoms with van der Waals surface area (Å²) in [7, 11) is 0. The van der Waals surface area contributed by atoms with Crippen LogP contribution in [-0.2, 0) is 6.42 Å². The van der Waals surface area contributed by atoms with Gasteiger partial charge in [-0.25, -0.2) is 4.98 Å². The highest BCUT2D eigenvalue weighted by Crippen LogP contribution is 2.21. The highest BCUT2D eigenvalue weighted by atomic mass is 16.1. The number of hydrogen-bond donors (Lipinski definition) is 1. The summed E-state index contributed by atoms with van der Waals surface area (Å²) < 4.78 is 1.74. The first-order chi connectivity index (χ1) is 11.2. The molecular weight excluding hydrogens is 288 g/mol. The van der Waals surface area contributed by atoms with Crippen molar-refractivity contribution in [2.24, 2.45) is 0 Å². The number of nitrogens with one attached hydrogen (secondary N) is 1. The molecule has 114 valence electrons. The lowest BCUT2D eigenvalue weighted by molar-refractivity contribution is 0.935. The molecule has 0 aliphatic carbocycles. The summed E-state index contributed by atoms with van der Waals surface area (Å²) in [6.45, 7) is 4.05. The van der Waals surface area contributed by atoms with Crippen LogP contribution in [0.25, 0.3) is 27.8 Å². The molecular formula is C18H16N4O. The fourth-order valence-electron chi connectivity index (χ4n) is 3.02. The van der Waals surface area contributed by atoms with Crippen molar-refractivity contribution in [3.8, 4) is 11.1 Å². The molecule has 0 bridgehead atoms. The van der Waals surface area contributed by atoms with Crippen LogP contribution in [0, 0.1) is 6.92 Å². The Balaban J connectivity index is 2.05. The molecule has 0 aliphatic rings. The van der Waals surface area contributed by atoms with Gasteiger partial charge in [-0.05, 0) is 25.0 Å². The number of aromatic amines is 1. The quantitative estimate of drug-likeness (QED) is 0.619. The average molecular weight is 304 g/mol. The van der Waals surface area contributed by atoms with Crippen molar-refractivity contribution < 1.29 is 0 Å². The lowest BCUT2D eigenvalue weighted by atomic mass is 10.1. The van der Waals surface area contributed by atoms with Crippen LogP contribution in [0.3, 0.4) is 0 Å². The Kier molecular flexibility index (Phi) is 3.01. The second-order valence-corrected chi connectivity index (χ2v) is 5.59. The van der Waals surface area contributed by atoms with Crippen LogP contribution in [-0.4, -0.2) is 19.6 Å². The van der Waals surface area contributed by atoms with Gasteiger partial charge in [0.25, 0.3) is 5.56 Å². The van der Waals surface area contributed by atoms with Gasteiger partial charge in [-0.1, -0.05) is 37.3 Å². The maximum atomic E-state index is 12.5. The van der Waals surface area contributed by atoms with Crippen LogP contribution in [0.4, 0.5) is 0 Å². The Hall–Kier alpha value is -2.95. The predicted octanol–water partition coefficient (Wildman–Crippen LogP) is 3.11. The summed E-state index contributed by atoms with van der Waals surface area (Å²) in [6, 6.07) is 11.5. The number of nitrogens with zero attached hydrogens (tertiary/aromatic N) is 3. The van der Waals surface area contributed by atoms with Gasteiger partial charge in [-0.3, -0.25) is 4.79 Å². The molecule has 5 heteroatoms. The smallest absolute Gasteiger partial charge is 0.257 e. The summed E-state index contributed by atoms with van der Waals surface area (Å²) in [4.78, 5) is 20.0. The fourth-order valence-corrected chi connectivity index (χ4v) is 3.02. The number of benzene rings is 1. The Bertz CT molecular complexity index is 1080. The number of aryl methyl sites for hydroxylation is 2. The Labute approximate surface area is 132 Å². The van der Waals surface area contributed by atoms with E-state index in [0.29, 0.717) is 11.2 Å². The zero-order valence-electron chi connectivity index (χ0n) is 13.0. The molecule has 3 aromatic heterocycles. The molecule has 1 aromatic carbocycles. The predicted molar refractivity (Wildman–Crippen MR) is 90.7 cm³/mol. The average Bonchev–Trinajstić information content (AvgIpc) is 2.90. The van der Waals surface area contributed by atoms with Gasteiger partial charge >= 0.3 is 0 Å². The molecule has 0 spiro atoms. The van der Waals surface area contributed by atoms with E-state index in [1.807, 2.05) is 43.3 Å². The monoisotopic (exact) mass is 304 g/mol. The topological polar surface area (TPSA) is 63.1 Å². The number of aromatic nitrogens is 4. The molecule has 23 heavy (non-hydrogen) atoms. The van der Waals surface area contributed by atoms with Gasteiger partial charge in [0.05, 0.1) is 5.69 Å². The third kappa shape index (κ3) is 2.04. The molecule has 0 atom stereocenters. The standard InChI is InChI=1S/C18H16N4O/c1-3-14-11(2)21-22-16-13(10-19-17(14)22)9-15(18(23)20-16)12-7-5-4-6-8-12/h4-10H,3H2,1-2H3,(H,20,23). The highest BCUT2D eigenvalue weighted by molar-refractivity contribution is 5.82. The van der Waals surface area contributed by atoms with Crippen LogP contribution in [0.1, 0.15) is 18.2 Å². The molecule has 0 amide bonds. The van der Waals surface area contributed by atoms with Crippen molar-refractivity contribution in [1.29, 1.82) is 0 Å². The lowest BCUT2D eigenvalue weighted by Crippen LogP contribution is -2.11. The van der Waals surface area contributed by atoms with Gasteiger partial charge in [0.2, 0.25) is 0 Å². The van der Waals surface area contributed by atoms with E-state index < -0.39 is 0 Å². The molecule has 0 aliphatic heterocycles. The molecule has 1 N–H and O–H groups in total. The minimum Gasteiger partial charge on any atom is -0.306 e. The minimum absolute atomic E-state index is 0.123. The van der Waals surface area contributed by atoms with Crippen molar-refractivity contribution in [2.75, 3.05) is 0 Å². The lowest BCUT2D eigenvalue weighted by Gasteiger charge is -2.05. The first-order valence-corrected chi connectivity index (χ1v) is 7.64. The van der Waals surface area contributed by atoms with Crippen LogP contribution in [0.5, 0.6) is 0 Å². The van der Waals surface area contributed by atoms with Crippen molar-refractivity contribution in [1.82, 2.24) is 19.6 Å². The molecule has 0 radical (unpaired) electrons. The zero-order chi connectivity index (χ0) is 16.0.